The Morgan fingerprint density at radius 3 is 2.04 bits per heavy atom. The summed E-state index contributed by atoms with van der Waals surface area (Å²) < 4.78 is 27.4. The van der Waals surface area contributed by atoms with Gasteiger partial charge in [0.05, 0.1) is 5.25 Å². The van der Waals surface area contributed by atoms with Gasteiger partial charge in [-0.3, -0.25) is 0 Å². The van der Waals surface area contributed by atoms with E-state index in [2.05, 4.69) is 58.6 Å². The Balaban J connectivity index is 1.76. The molecule has 2 aromatic carbocycles. The quantitative estimate of drug-likeness (QED) is 0.792. The highest BCUT2D eigenvalue weighted by atomic mass is 32.2. The maximum atomic E-state index is 12.2. The third-order valence-corrected chi connectivity index (χ3v) is 7.17. The van der Waals surface area contributed by atoms with Crippen LogP contribution in [-0.2, 0) is 10.0 Å². The van der Waals surface area contributed by atoms with Crippen molar-refractivity contribution in [1.29, 1.82) is 0 Å². The summed E-state index contributed by atoms with van der Waals surface area (Å²) in [7, 11) is -1.32. The SMILES string of the molecule is CNc1ccc(-c2ccc(C3CCC[C@@H]3NS(=O)(=O)C(C)C)cc2)cc1. The molecule has 140 valence electrons. The van der Waals surface area contributed by atoms with Crippen LogP contribution in [0.1, 0.15) is 44.6 Å². The first kappa shape index (κ1) is 18.9. The lowest BCUT2D eigenvalue weighted by molar-refractivity contribution is 0.519. The largest absolute Gasteiger partial charge is 0.388 e. The predicted octanol–water partition coefficient (Wildman–Crippen LogP) is 4.36. The molecule has 0 amide bonds. The van der Waals surface area contributed by atoms with Crippen molar-refractivity contribution in [2.24, 2.45) is 0 Å². The molecule has 0 radical (unpaired) electrons. The molecule has 0 aliphatic heterocycles. The normalized spacial score (nSPS) is 20.5. The summed E-state index contributed by atoms with van der Waals surface area (Å²) in [6.45, 7) is 3.45. The van der Waals surface area contributed by atoms with Gasteiger partial charge in [0.25, 0.3) is 0 Å². The van der Waals surface area contributed by atoms with Crippen molar-refractivity contribution in [2.75, 3.05) is 12.4 Å². The maximum absolute atomic E-state index is 12.2. The van der Waals surface area contributed by atoms with Gasteiger partial charge in [0.15, 0.2) is 0 Å². The number of anilines is 1. The number of rotatable bonds is 6. The second kappa shape index (κ2) is 7.80. The van der Waals surface area contributed by atoms with E-state index in [-0.39, 0.29) is 12.0 Å². The van der Waals surface area contributed by atoms with Crippen LogP contribution in [0, 0.1) is 0 Å². The molecular formula is C21H28N2O2S. The van der Waals surface area contributed by atoms with E-state index in [1.165, 1.54) is 16.7 Å². The Morgan fingerprint density at radius 2 is 1.50 bits per heavy atom. The number of nitrogens with one attached hydrogen (secondary N) is 2. The van der Waals surface area contributed by atoms with Crippen molar-refractivity contribution in [1.82, 2.24) is 4.72 Å². The average Bonchev–Trinajstić information content (AvgIpc) is 3.09. The topological polar surface area (TPSA) is 58.2 Å². The molecule has 3 rings (SSSR count). The fourth-order valence-corrected chi connectivity index (χ4v) is 4.58. The van der Waals surface area contributed by atoms with E-state index in [0.717, 1.165) is 24.9 Å². The zero-order valence-corrected chi connectivity index (χ0v) is 16.5. The van der Waals surface area contributed by atoms with Crippen LogP contribution in [0.2, 0.25) is 0 Å². The minimum atomic E-state index is -3.24. The van der Waals surface area contributed by atoms with E-state index < -0.39 is 15.3 Å². The number of hydrogen-bond acceptors (Lipinski definition) is 3. The lowest BCUT2D eigenvalue weighted by Crippen LogP contribution is -2.40. The lowest BCUT2D eigenvalue weighted by atomic mass is 9.93. The van der Waals surface area contributed by atoms with Crippen LogP contribution in [0.5, 0.6) is 0 Å². The van der Waals surface area contributed by atoms with E-state index in [1.807, 2.05) is 7.05 Å². The molecule has 0 bridgehead atoms. The summed E-state index contributed by atoms with van der Waals surface area (Å²) in [5.74, 6) is 0.254. The molecule has 1 aliphatic carbocycles. The molecular weight excluding hydrogens is 344 g/mol. The first-order valence-corrected chi connectivity index (χ1v) is 10.8. The summed E-state index contributed by atoms with van der Waals surface area (Å²) in [5.41, 5.74) is 4.67. The van der Waals surface area contributed by atoms with Crippen molar-refractivity contribution in [3.05, 3.63) is 54.1 Å². The summed E-state index contributed by atoms with van der Waals surface area (Å²) >= 11 is 0. The predicted molar refractivity (Wildman–Crippen MR) is 109 cm³/mol. The average molecular weight is 373 g/mol. The zero-order valence-electron chi connectivity index (χ0n) is 15.7. The standard InChI is InChI=1S/C21H28N2O2S/c1-15(2)26(24,25)23-21-6-4-5-20(21)18-9-7-16(8-10-18)17-11-13-19(22-3)14-12-17/h7-15,20-23H,4-6H2,1-3H3/t20?,21-/m0/s1. The summed E-state index contributed by atoms with van der Waals surface area (Å²) in [6.07, 6.45) is 2.99. The van der Waals surface area contributed by atoms with Crippen molar-refractivity contribution in [2.45, 2.75) is 50.3 Å². The molecule has 0 saturated heterocycles. The lowest BCUT2D eigenvalue weighted by Gasteiger charge is -2.23. The van der Waals surface area contributed by atoms with Gasteiger partial charge in [0.1, 0.15) is 0 Å². The van der Waals surface area contributed by atoms with Crippen LogP contribution in [0.4, 0.5) is 5.69 Å². The molecule has 5 heteroatoms. The third kappa shape index (κ3) is 4.10. The van der Waals surface area contributed by atoms with Gasteiger partial charge in [-0.15, -0.1) is 0 Å². The van der Waals surface area contributed by atoms with Gasteiger partial charge in [-0.1, -0.05) is 42.8 Å². The Hall–Kier alpha value is -1.85. The van der Waals surface area contributed by atoms with Gasteiger partial charge in [-0.05, 0) is 55.5 Å². The van der Waals surface area contributed by atoms with Gasteiger partial charge in [-0.25, -0.2) is 13.1 Å². The molecule has 1 saturated carbocycles. The third-order valence-electron chi connectivity index (χ3n) is 5.30. The van der Waals surface area contributed by atoms with E-state index >= 15 is 0 Å². The highest BCUT2D eigenvalue weighted by molar-refractivity contribution is 7.90. The Labute approximate surface area is 157 Å². The van der Waals surface area contributed by atoms with Gasteiger partial charge in [-0.2, -0.15) is 0 Å². The van der Waals surface area contributed by atoms with Crippen LogP contribution < -0.4 is 10.0 Å². The van der Waals surface area contributed by atoms with Crippen LogP contribution in [0.25, 0.3) is 11.1 Å². The number of benzene rings is 2. The van der Waals surface area contributed by atoms with E-state index in [0.29, 0.717) is 0 Å². The molecule has 2 atom stereocenters. The van der Waals surface area contributed by atoms with Crippen LogP contribution in [0.3, 0.4) is 0 Å². The van der Waals surface area contributed by atoms with Gasteiger partial charge < -0.3 is 5.32 Å². The second-order valence-electron chi connectivity index (χ2n) is 7.30. The molecule has 2 aromatic rings. The number of sulfonamides is 1. The van der Waals surface area contributed by atoms with Gasteiger partial charge >= 0.3 is 0 Å². The zero-order chi connectivity index (χ0) is 18.7. The fourth-order valence-electron chi connectivity index (χ4n) is 3.60. The van der Waals surface area contributed by atoms with Crippen LogP contribution >= 0.6 is 0 Å². The Morgan fingerprint density at radius 1 is 0.923 bits per heavy atom. The molecule has 4 nitrogen and oxygen atoms in total. The smallest absolute Gasteiger partial charge is 0.214 e. The minimum Gasteiger partial charge on any atom is -0.388 e. The second-order valence-corrected chi connectivity index (χ2v) is 9.57. The van der Waals surface area contributed by atoms with Gasteiger partial charge in [0.2, 0.25) is 10.0 Å². The van der Waals surface area contributed by atoms with Crippen molar-refractivity contribution < 1.29 is 8.42 Å². The Kier molecular flexibility index (Phi) is 5.68. The van der Waals surface area contributed by atoms with Gasteiger partial charge in [0, 0.05) is 24.7 Å². The molecule has 0 spiro atoms. The molecule has 26 heavy (non-hydrogen) atoms. The van der Waals surface area contributed by atoms with Crippen LogP contribution in [0.15, 0.2) is 48.5 Å². The van der Waals surface area contributed by atoms with Crippen molar-refractivity contribution in [3.63, 3.8) is 0 Å². The molecule has 1 aliphatic rings. The monoisotopic (exact) mass is 372 g/mol. The molecule has 0 aromatic heterocycles. The molecule has 1 fully saturated rings. The first-order valence-electron chi connectivity index (χ1n) is 9.30. The molecule has 0 heterocycles. The van der Waals surface area contributed by atoms with Crippen molar-refractivity contribution >= 4 is 15.7 Å². The highest BCUT2D eigenvalue weighted by Crippen LogP contribution is 2.36. The van der Waals surface area contributed by atoms with Crippen LogP contribution in [-0.4, -0.2) is 26.8 Å². The molecule has 2 N–H and O–H groups in total. The van der Waals surface area contributed by atoms with E-state index in [4.69, 9.17) is 0 Å². The Bertz CT molecular complexity index is 827. The summed E-state index contributed by atoms with van der Waals surface area (Å²) in [4.78, 5) is 0. The number of hydrogen-bond donors (Lipinski definition) is 2. The molecule has 1 unspecified atom stereocenters. The highest BCUT2D eigenvalue weighted by Gasteiger charge is 2.32. The van der Waals surface area contributed by atoms with E-state index in [9.17, 15) is 8.42 Å². The fraction of sp³-hybridized carbons (Fsp3) is 0.429. The summed E-state index contributed by atoms with van der Waals surface area (Å²) in [5, 5.41) is 2.73. The summed E-state index contributed by atoms with van der Waals surface area (Å²) in [6, 6.07) is 16.9. The van der Waals surface area contributed by atoms with Crippen molar-refractivity contribution in [3.8, 4) is 11.1 Å². The van der Waals surface area contributed by atoms with E-state index in [1.54, 1.807) is 13.8 Å². The minimum absolute atomic E-state index is 0.00293. The first-order chi connectivity index (χ1) is 12.4. The maximum Gasteiger partial charge on any atom is 0.214 e.